The molecule has 0 saturated heterocycles. The van der Waals surface area contributed by atoms with Crippen LogP contribution < -0.4 is 16.2 Å². The van der Waals surface area contributed by atoms with Gasteiger partial charge in [0.25, 0.3) is 5.91 Å². The van der Waals surface area contributed by atoms with E-state index in [2.05, 4.69) is 20.7 Å². The molecule has 0 aliphatic rings. The molecule has 88 valence electrons. The highest BCUT2D eigenvalue weighted by atomic mass is 79.9. The average Bonchev–Trinajstić information content (AvgIpc) is 2.10. The summed E-state index contributed by atoms with van der Waals surface area (Å²) >= 11 is 2.91. The van der Waals surface area contributed by atoms with Crippen molar-refractivity contribution in [2.75, 3.05) is 5.73 Å². The number of benzene rings is 1. The second kappa shape index (κ2) is 4.20. The largest absolute Gasteiger partial charge is 0.573 e. The van der Waals surface area contributed by atoms with Crippen molar-refractivity contribution in [3.05, 3.63) is 22.2 Å². The summed E-state index contributed by atoms with van der Waals surface area (Å²) in [6, 6.07) is 2.39. The highest BCUT2D eigenvalue weighted by Gasteiger charge is 2.34. The minimum absolute atomic E-state index is 0.178. The lowest BCUT2D eigenvalue weighted by Crippen LogP contribution is -2.22. The van der Waals surface area contributed by atoms with Crippen molar-refractivity contribution < 1.29 is 22.7 Å². The molecule has 0 fully saturated rings. The first-order valence-corrected chi connectivity index (χ1v) is 4.65. The van der Waals surface area contributed by atoms with Crippen molar-refractivity contribution in [2.45, 2.75) is 6.36 Å². The van der Waals surface area contributed by atoms with Gasteiger partial charge < -0.3 is 16.2 Å². The third kappa shape index (κ3) is 2.78. The molecule has 1 aromatic rings. The Bertz CT molecular complexity index is 434. The number of amides is 1. The molecular formula is C8H6BrF3N2O2. The second-order valence-electron chi connectivity index (χ2n) is 2.75. The van der Waals surface area contributed by atoms with Crippen LogP contribution >= 0.6 is 15.9 Å². The van der Waals surface area contributed by atoms with Gasteiger partial charge in [0.15, 0.2) is 5.75 Å². The molecule has 0 spiro atoms. The maximum absolute atomic E-state index is 12.1. The van der Waals surface area contributed by atoms with E-state index in [0.29, 0.717) is 0 Å². The standard InChI is InChI=1S/C8H6BrF3N2O2/c9-4-2-1-3(7(14)15)6(5(4)13)16-8(10,11)12/h1-2H,13H2,(H2,14,15). The van der Waals surface area contributed by atoms with E-state index in [-0.39, 0.29) is 10.2 Å². The summed E-state index contributed by atoms with van der Waals surface area (Å²) in [7, 11) is 0. The number of carbonyl (C=O) groups excluding carboxylic acids is 1. The molecule has 1 aromatic carbocycles. The monoisotopic (exact) mass is 298 g/mol. The third-order valence-corrected chi connectivity index (χ3v) is 2.32. The number of primary amides is 1. The fraction of sp³-hybridized carbons (Fsp3) is 0.125. The Balaban J connectivity index is 3.32. The SMILES string of the molecule is NC(=O)c1ccc(Br)c(N)c1OC(F)(F)F. The maximum atomic E-state index is 12.1. The molecule has 0 aliphatic heterocycles. The number of alkyl halides is 3. The molecule has 0 aliphatic carbocycles. The molecule has 0 aromatic heterocycles. The number of ether oxygens (including phenoxy) is 1. The van der Waals surface area contributed by atoms with Crippen LogP contribution in [-0.2, 0) is 0 Å². The minimum Gasteiger partial charge on any atom is -0.403 e. The fourth-order valence-corrected chi connectivity index (χ4v) is 1.31. The van der Waals surface area contributed by atoms with Crippen LogP contribution in [0.5, 0.6) is 5.75 Å². The maximum Gasteiger partial charge on any atom is 0.573 e. The van der Waals surface area contributed by atoms with Crippen molar-refractivity contribution in [1.82, 2.24) is 0 Å². The van der Waals surface area contributed by atoms with Gasteiger partial charge in [0.2, 0.25) is 0 Å². The summed E-state index contributed by atoms with van der Waals surface area (Å²) < 4.78 is 40.0. The van der Waals surface area contributed by atoms with E-state index in [0.717, 1.165) is 6.07 Å². The van der Waals surface area contributed by atoms with Gasteiger partial charge in [-0.2, -0.15) is 0 Å². The van der Waals surface area contributed by atoms with Crippen LogP contribution in [0.15, 0.2) is 16.6 Å². The van der Waals surface area contributed by atoms with E-state index < -0.39 is 23.6 Å². The van der Waals surface area contributed by atoms with Gasteiger partial charge in [0.1, 0.15) is 0 Å². The van der Waals surface area contributed by atoms with Crippen molar-refractivity contribution in [3.8, 4) is 5.75 Å². The van der Waals surface area contributed by atoms with Gasteiger partial charge in [0, 0.05) is 4.47 Å². The zero-order chi connectivity index (χ0) is 12.5. The van der Waals surface area contributed by atoms with Crippen LogP contribution in [0.2, 0.25) is 0 Å². The Morgan fingerprint density at radius 3 is 2.38 bits per heavy atom. The summed E-state index contributed by atoms with van der Waals surface area (Å²) in [4.78, 5) is 10.9. The lowest BCUT2D eigenvalue weighted by Gasteiger charge is -2.14. The smallest absolute Gasteiger partial charge is 0.403 e. The number of nitrogens with two attached hydrogens (primary N) is 2. The first-order chi connectivity index (χ1) is 7.22. The van der Waals surface area contributed by atoms with Crippen LogP contribution in [0.3, 0.4) is 0 Å². The lowest BCUT2D eigenvalue weighted by molar-refractivity contribution is -0.274. The van der Waals surface area contributed by atoms with Crippen LogP contribution in [0, 0.1) is 0 Å². The van der Waals surface area contributed by atoms with Crippen molar-refractivity contribution in [3.63, 3.8) is 0 Å². The van der Waals surface area contributed by atoms with Crippen LogP contribution in [0.4, 0.5) is 18.9 Å². The molecule has 0 atom stereocenters. The van der Waals surface area contributed by atoms with E-state index in [9.17, 15) is 18.0 Å². The van der Waals surface area contributed by atoms with E-state index in [1.807, 2.05) is 0 Å². The normalized spacial score (nSPS) is 11.2. The number of hydrogen-bond donors (Lipinski definition) is 2. The molecule has 0 saturated carbocycles. The summed E-state index contributed by atoms with van der Waals surface area (Å²) in [5.74, 6) is -1.85. The molecule has 0 radical (unpaired) electrons. The lowest BCUT2D eigenvalue weighted by atomic mass is 10.1. The molecule has 8 heteroatoms. The highest BCUT2D eigenvalue weighted by molar-refractivity contribution is 9.10. The number of nitrogen functional groups attached to an aromatic ring is 1. The highest BCUT2D eigenvalue weighted by Crippen LogP contribution is 2.36. The van der Waals surface area contributed by atoms with E-state index in [1.165, 1.54) is 6.07 Å². The van der Waals surface area contributed by atoms with E-state index >= 15 is 0 Å². The molecule has 1 rings (SSSR count). The Morgan fingerprint density at radius 2 is 1.94 bits per heavy atom. The Labute approximate surface area is 96.5 Å². The fourth-order valence-electron chi connectivity index (χ4n) is 0.995. The van der Waals surface area contributed by atoms with Crippen LogP contribution in [0.25, 0.3) is 0 Å². The quantitative estimate of drug-likeness (QED) is 0.820. The minimum atomic E-state index is -4.95. The Kier molecular flexibility index (Phi) is 3.32. The number of hydrogen-bond acceptors (Lipinski definition) is 3. The van der Waals surface area contributed by atoms with Gasteiger partial charge in [-0.25, -0.2) is 0 Å². The zero-order valence-electron chi connectivity index (χ0n) is 7.64. The van der Waals surface area contributed by atoms with E-state index in [4.69, 9.17) is 11.5 Å². The van der Waals surface area contributed by atoms with Gasteiger partial charge in [-0.15, -0.1) is 13.2 Å². The number of halogens is 4. The topological polar surface area (TPSA) is 78.3 Å². The second-order valence-corrected chi connectivity index (χ2v) is 3.60. The average molecular weight is 299 g/mol. The third-order valence-electron chi connectivity index (χ3n) is 1.63. The molecule has 0 heterocycles. The first kappa shape index (κ1) is 12.6. The Hall–Kier alpha value is -1.44. The molecule has 1 amide bonds. The summed E-state index contributed by atoms with van der Waals surface area (Å²) in [5.41, 5.74) is 9.47. The van der Waals surface area contributed by atoms with Crippen LogP contribution in [0.1, 0.15) is 10.4 Å². The molecule has 4 nitrogen and oxygen atoms in total. The van der Waals surface area contributed by atoms with Crippen molar-refractivity contribution in [1.29, 1.82) is 0 Å². The predicted octanol–water partition coefficient (Wildman–Crippen LogP) is 2.03. The number of anilines is 1. The summed E-state index contributed by atoms with van der Waals surface area (Å²) in [6.07, 6.45) is -4.95. The van der Waals surface area contributed by atoms with Crippen molar-refractivity contribution in [2.24, 2.45) is 5.73 Å². The molecule has 16 heavy (non-hydrogen) atoms. The zero-order valence-corrected chi connectivity index (χ0v) is 9.22. The first-order valence-electron chi connectivity index (χ1n) is 3.86. The Morgan fingerprint density at radius 1 is 1.38 bits per heavy atom. The van der Waals surface area contributed by atoms with Gasteiger partial charge >= 0.3 is 6.36 Å². The summed E-state index contributed by atoms with van der Waals surface area (Å²) in [5, 5.41) is 0. The van der Waals surface area contributed by atoms with Gasteiger partial charge in [0.05, 0.1) is 11.3 Å². The number of rotatable bonds is 2. The number of carbonyl (C=O) groups is 1. The molecule has 0 unspecified atom stereocenters. The summed E-state index contributed by atoms with van der Waals surface area (Å²) in [6.45, 7) is 0. The van der Waals surface area contributed by atoms with Crippen molar-refractivity contribution >= 4 is 27.5 Å². The molecule has 4 N–H and O–H groups in total. The van der Waals surface area contributed by atoms with Gasteiger partial charge in [-0.3, -0.25) is 4.79 Å². The van der Waals surface area contributed by atoms with Crippen LogP contribution in [-0.4, -0.2) is 12.3 Å². The molecular weight excluding hydrogens is 293 g/mol. The predicted molar refractivity (Wildman–Crippen MR) is 53.8 cm³/mol. The molecule has 0 bridgehead atoms. The van der Waals surface area contributed by atoms with Gasteiger partial charge in [-0.1, -0.05) is 0 Å². The van der Waals surface area contributed by atoms with Gasteiger partial charge in [-0.05, 0) is 28.1 Å². The van der Waals surface area contributed by atoms with E-state index in [1.54, 1.807) is 0 Å².